The molecule has 34 heavy (non-hydrogen) atoms. The number of carbonyl (C=O) groups is 3. The van der Waals surface area contributed by atoms with Gasteiger partial charge in [0.05, 0.1) is 23.8 Å². The molecule has 0 spiro atoms. The Morgan fingerprint density at radius 1 is 1.29 bits per heavy atom. The number of methoxy groups -OCH3 is 1. The van der Waals surface area contributed by atoms with Crippen molar-refractivity contribution in [3.05, 3.63) is 45.0 Å². The van der Waals surface area contributed by atoms with Crippen molar-refractivity contribution < 1.29 is 33.7 Å². The highest BCUT2D eigenvalue weighted by Crippen LogP contribution is 2.41. The van der Waals surface area contributed by atoms with Gasteiger partial charge in [-0.3, -0.25) is 9.59 Å². The predicted molar refractivity (Wildman–Crippen MR) is 130 cm³/mol. The number of benzene rings is 1. The van der Waals surface area contributed by atoms with Gasteiger partial charge >= 0.3 is 5.97 Å². The number of phenols is 1. The third-order valence-corrected chi connectivity index (χ3v) is 6.53. The summed E-state index contributed by atoms with van der Waals surface area (Å²) in [5, 5.41) is 10.8. The molecule has 1 aliphatic rings. The number of phenolic OH excluding ortho intramolecular Hbond substituents is 1. The largest absolute Gasteiger partial charge is 0.507 e. The Hall–Kier alpha value is -2.64. The molecule has 1 saturated heterocycles. The van der Waals surface area contributed by atoms with E-state index in [2.05, 4.69) is 10.8 Å². The second kappa shape index (κ2) is 11.7. The molecule has 1 N–H and O–H groups in total. The number of esters is 1. The molecular weight excluding hydrogens is 460 g/mol. The molecule has 8 heteroatoms. The lowest BCUT2D eigenvalue weighted by Crippen LogP contribution is -2.27. The molecule has 1 atom stereocenters. The minimum Gasteiger partial charge on any atom is -0.507 e. The van der Waals surface area contributed by atoms with E-state index in [1.807, 2.05) is 19.9 Å². The van der Waals surface area contributed by atoms with E-state index in [0.29, 0.717) is 23.8 Å². The Labute approximate surface area is 205 Å². The number of ketones is 1. The molecule has 1 heterocycles. The molecule has 0 radical (unpaired) electrons. The summed E-state index contributed by atoms with van der Waals surface area (Å²) < 4.78 is 16.0. The second-order valence-electron chi connectivity index (χ2n) is 8.98. The fraction of sp³-hybridized carbons (Fsp3) is 0.500. The van der Waals surface area contributed by atoms with Crippen LogP contribution in [0.1, 0.15) is 68.4 Å². The molecule has 0 amide bonds. The van der Waals surface area contributed by atoms with E-state index in [1.165, 1.54) is 7.11 Å². The van der Waals surface area contributed by atoms with Crippen molar-refractivity contribution in [2.75, 3.05) is 13.7 Å². The molecular formula is C26H33ClO7. The third-order valence-electron chi connectivity index (χ3n) is 6.07. The van der Waals surface area contributed by atoms with Crippen LogP contribution in [0, 0.1) is 6.92 Å². The first kappa shape index (κ1) is 27.6. The molecule has 2 rings (SSSR count). The van der Waals surface area contributed by atoms with Gasteiger partial charge in [-0.15, -0.1) is 0 Å². The topological polar surface area (TPSA) is 99.1 Å². The SMILES string of the molecule is COC(=O)COc1c(Cl)c(C)c(C=O)c(O)c1C/C=C(/C)CC/C=C(/C)C1CC(=O)C(C)(C)O1. The van der Waals surface area contributed by atoms with Crippen LogP contribution < -0.4 is 4.74 Å². The summed E-state index contributed by atoms with van der Waals surface area (Å²) in [7, 11) is 1.24. The lowest BCUT2D eigenvalue weighted by molar-refractivity contribution is -0.142. The maximum Gasteiger partial charge on any atom is 0.343 e. The average Bonchev–Trinajstić information content (AvgIpc) is 3.06. The maximum absolute atomic E-state index is 12.0. The van der Waals surface area contributed by atoms with Crippen LogP contribution in [0.2, 0.25) is 5.02 Å². The normalized spacial score (nSPS) is 18.2. The van der Waals surface area contributed by atoms with Gasteiger partial charge in [-0.05, 0) is 65.0 Å². The van der Waals surface area contributed by atoms with Gasteiger partial charge in [0, 0.05) is 12.0 Å². The number of hydrogen-bond donors (Lipinski definition) is 1. The van der Waals surface area contributed by atoms with E-state index < -0.39 is 11.6 Å². The summed E-state index contributed by atoms with van der Waals surface area (Å²) in [6.07, 6.45) is 6.52. The number of ether oxygens (including phenoxy) is 3. The fourth-order valence-corrected chi connectivity index (χ4v) is 3.98. The molecule has 1 aliphatic heterocycles. The van der Waals surface area contributed by atoms with Crippen LogP contribution in [0.3, 0.4) is 0 Å². The molecule has 1 fully saturated rings. The lowest BCUT2D eigenvalue weighted by atomic mass is 9.98. The lowest BCUT2D eigenvalue weighted by Gasteiger charge is -2.18. The standard InChI is InChI=1S/C26H33ClO7/c1-15(8-7-9-16(2)20-12-21(29)26(4,5)34-20)10-11-18-24(31)19(13-28)17(3)23(27)25(18)33-14-22(30)32-6/h9-10,13,20,31H,7-8,11-12,14H2,1-6H3/b15-10-,16-9-. The van der Waals surface area contributed by atoms with E-state index in [4.69, 9.17) is 21.1 Å². The average molecular weight is 493 g/mol. The van der Waals surface area contributed by atoms with Crippen LogP contribution >= 0.6 is 11.6 Å². The maximum atomic E-state index is 12.0. The number of rotatable bonds is 10. The molecule has 1 aromatic rings. The van der Waals surface area contributed by atoms with E-state index >= 15 is 0 Å². The summed E-state index contributed by atoms with van der Waals surface area (Å²) in [4.78, 5) is 35.0. The minimum absolute atomic E-state index is 0.0871. The summed E-state index contributed by atoms with van der Waals surface area (Å²) in [6.45, 7) is 8.74. The third kappa shape index (κ3) is 6.48. The Morgan fingerprint density at radius 3 is 2.53 bits per heavy atom. The van der Waals surface area contributed by atoms with Crippen molar-refractivity contribution in [3.8, 4) is 11.5 Å². The zero-order valence-corrected chi connectivity index (χ0v) is 21.4. The Morgan fingerprint density at radius 2 is 1.97 bits per heavy atom. The van der Waals surface area contributed by atoms with Gasteiger partial charge in [-0.25, -0.2) is 4.79 Å². The van der Waals surface area contributed by atoms with Crippen LogP contribution in [-0.4, -0.2) is 48.6 Å². The summed E-state index contributed by atoms with van der Waals surface area (Å²) in [6, 6.07) is 0. The van der Waals surface area contributed by atoms with E-state index in [1.54, 1.807) is 20.8 Å². The highest BCUT2D eigenvalue weighted by Gasteiger charge is 2.40. The molecule has 1 aromatic carbocycles. The molecule has 0 aliphatic carbocycles. The highest BCUT2D eigenvalue weighted by atomic mass is 35.5. The van der Waals surface area contributed by atoms with E-state index in [9.17, 15) is 19.5 Å². The second-order valence-corrected chi connectivity index (χ2v) is 9.36. The van der Waals surface area contributed by atoms with Gasteiger partial charge < -0.3 is 19.3 Å². The number of Topliss-reactive ketones (excluding diaryl/α,β-unsaturated/α-hetero) is 1. The first-order chi connectivity index (χ1) is 15.9. The van der Waals surface area contributed by atoms with Crippen LogP contribution in [0.4, 0.5) is 0 Å². The van der Waals surface area contributed by atoms with Crippen molar-refractivity contribution in [1.82, 2.24) is 0 Å². The summed E-state index contributed by atoms with van der Waals surface area (Å²) >= 11 is 6.40. The van der Waals surface area contributed by atoms with Crippen LogP contribution in [0.5, 0.6) is 11.5 Å². The number of hydrogen-bond acceptors (Lipinski definition) is 7. The predicted octanol–water partition coefficient (Wildman–Crippen LogP) is 5.07. The molecule has 186 valence electrons. The Bertz CT molecular complexity index is 1020. The number of allylic oxidation sites excluding steroid dienone is 3. The number of carbonyl (C=O) groups excluding carboxylic acids is 3. The number of halogens is 1. The first-order valence-corrected chi connectivity index (χ1v) is 11.5. The zero-order chi connectivity index (χ0) is 25.6. The smallest absolute Gasteiger partial charge is 0.343 e. The Kier molecular flexibility index (Phi) is 9.47. The zero-order valence-electron chi connectivity index (χ0n) is 20.6. The molecule has 0 aromatic heterocycles. The van der Waals surface area contributed by atoms with Gasteiger partial charge in [-0.2, -0.15) is 0 Å². The molecule has 0 bridgehead atoms. The summed E-state index contributed by atoms with van der Waals surface area (Å²) in [5.74, 6) is -0.554. The van der Waals surface area contributed by atoms with Gasteiger partial charge in [0.2, 0.25) is 0 Å². The summed E-state index contributed by atoms with van der Waals surface area (Å²) in [5.41, 5.74) is 2.13. The highest BCUT2D eigenvalue weighted by molar-refractivity contribution is 6.33. The van der Waals surface area contributed by atoms with Gasteiger partial charge in [-0.1, -0.05) is 29.3 Å². The van der Waals surface area contributed by atoms with Crippen molar-refractivity contribution >= 4 is 29.6 Å². The number of aromatic hydroxyl groups is 1. The van der Waals surface area contributed by atoms with Crippen LogP contribution in [0.15, 0.2) is 23.3 Å². The van der Waals surface area contributed by atoms with Gasteiger partial charge in [0.1, 0.15) is 17.1 Å². The fourth-order valence-electron chi connectivity index (χ4n) is 3.71. The van der Waals surface area contributed by atoms with Gasteiger partial charge in [0.25, 0.3) is 0 Å². The first-order valence-electron chi connectivity index (χ1n) is 11.1. The van der Waals surface area contributed by atoms with Crippen molar-refractivity contribution in [3.63, 3.8) is 0 Å². The monoisotopic (exact) mass is 492 g/mol. The Balaban J connectivity index is 2.15. The van der Waals surface area contributed by atoms with Crippen LogP contribution in [-0.2, 0) is 25.5 Å². The van der Waals surface area contributed by atoms with Crippen molar-refractivity contribution in [2.45, 2.75) is 72.0 Å². The molecule has 0 saturated carbocycles. The quantitative estimate of drug-likeness (QED) is 0.276. The molecule has 1 unspecified atom stereocenters. The van der Waals surface area contributed by atoms with Crippen molar-refractivity contribution in [2.24, 2.45) is 0 Å². The van der Waals surface area contributed by atoms with E-state index in [0.717, 1.165) is 24.0 Å². The van der Waals surface area contributed by atoms with Crippen molar-refractivity contribution in [1.29, 1.82) is 0 Å². The minimum atomic E-state index is -0.735. The van der Waals surface area contributed by atoms with E-state index in [-0.39, 0.29) is 47.0 Å². The van der Waals surface area contributed by atoms with Crippen LogP contribution in [0.25, 0.3) is 0 Å². The van der Waals surface area contributed by atoms with Gasteiger partial charge in [0.15, 0.2) is 18.7 Å². The number of aldehydes is 1. The molecule has 7 nitrogen and oxygen atoms in total.